The highest BCUT2D eigenvalue weighted by Crippen LogP contribution is 2.28. The van der Waals surface area contributed by atoms with Crippen molar-refractivity contribution in [2.24, 2.45) is 0 Å². The van der Waals surface area contributed by atoms with E-state index in [1.165, 1.54) is 0 Å². The second-order valence-corrected chi connectivity index (χ2v) is 11.8. The summed E-state index contributed by atoms with van der Waals surface area (Å²) < 4.78 is 0. The number of ketones is 2. The number of fused-ring (bicyclic) bond motifs is 2. The summed E-state index contributed by atoms with van der Waals surface area (Å²) in [5.41, 5.74) is 8.69. The topological polar surface area (TPSA) is 59.9 Å². The Morgan fingerprint density at radius 2 is 0.804 bits per heavy atom. The highest BCUT2D eigenvalue weighted by atomic mass is 16.1. The second-order valence-electron chi connectivity index (χ2n) is 11.8. The van der Waals surface area contributed by atoms with Crippen LogP contribution in [-0.4, -0.2) is 21.5 Å². The molecule has 0 atom stereocenters. The maximum absolute atomic E-state index is 13.5. The molecule has 7 rings (SSSR count). The third kappa shape index (κ3) is 5.50. The molecule has 2 aromatic heterocycles. The molecule has 0 spiro atoms. The van der Waals surface area contributed by atoms with Gasteiger partial charge in [0.05, 0.1) is 0 Å². The number of hydrogen-bond acceptors (Lipinski definition) is 4. The molecule has 0 fully saturated rings. The molecule has 0 saturated carbocycles. The molecular weight excluding hydrogens is 564 g/mol. The Morgan fingerprint density at radius 1 is 0.457 bits per heavy atom. The maximum Gasteiger partial charge on any atom is 0.212 e. The summed E-state index contributed by atoms with van der Waals surface area (Å²) in [5, 5.41) is 3.81. The number of carbonyl (C=O) groups is 2. The summed E-state index contributed by atoms with van der Waals surface area (Å²) in [4.78, 5) is 36.3. The van der Waals surface area contributed by atoms with Gasteiger partial charge in [0.25, 0.3) is 0 Å². The zero-order valence-electron chi connectivity index (χ0n) is 25.8. The van der Waals surface area contributed by atoms with E-state index < -0.39 is 0 Å². The first-order valence-corrected chi connectivity index (χ1v) is 15.5. The van der Waals surface area contributed by atoms with Crippen LogP contribution in [0, 0.1) is 13.8 Å². The summed E-state index contributed by atoms with van der Waals surface area (Å²) in [6, 6.07) is 40.0. The van der Waals surface area contributed by atoms with Gasteiger partial charge in [-0.2, -0.15) is 0 Å². The lowest BCUT2D eigenvalue weighted by molar-refractivity contribution is 0.102. The van der Waals surface area contributed by atoms with Gasteiger partial charge in [-0.25, -0.2) is 0 Å². The summed E-state index contributed by atoms with van der Waals surface area (Å²) >= 11 is 0. The van der Waals surface area contributed by atoms with Crippen LogP contribution in [0.5, 0.6) is 0 Å². The Kier molecular flexibility index (Phi) is 7.78. The van der Waals surface area contributed by atoms with Gasteiger partial charge in [0.2, 0.25) is 11.6 Å². The highest BCUT2D eigenvalue weighted by Gasteiger charge is 2.19. The van der Waals surface area contributed by atoms with Gasteiger partial charge < -0.3 is 0 Å². The lowest BCUT2D eigenvalue weighted by Gasteiger charge is -2.13. The third-order valence-electron chi connectivity index (χ3n) is 8.78. The summed E-state index contributed by atoms with van der Waals surface area (Å²) in [6.07, 6.45) is 5.10. The van der Waals surface area contributed by atoms with E-state index in [-0.39, 0.29) is 11.6 Å². The van der Waals surface area contributed by atoms with E-state index in [0.717, 1.165) is 54.9 Å². The highest BCUT2D eigenvalue weighted by molar-refractivity contribution is 6.16. The lowest BCUT2D eigenvalue weighted by Crippen LogP contribution is -2.08. The average molecular weight is 597 g/mol. The monoisotopic (exact) mass is 596 g/mol. The molecule has 0 aliphatic carbocycles. The fraction of sp³-hybridized carbons (Fsp3) is 0.0952. The van der Waals surface area contributed by atoms with Gasteiger partial charge in [-0.1, -0.05) is 121 Å². The number of hydrogen-bond donors (Lipinski definition) is 0. The van der Waals surface area contributed by atoms with E-state index in [9.17, 15) is 9.59 Å². The number of carbonyl (C=O) groups excluding carboxylic acids is 2. The first-order chi connectivity index (χ1) is 22.5. The van der Waals surface area contributed by atoms with Crippen LogP contribution in [0.25, 0.3) is 21.5 Å². The van der Waals surface area contributed by atoms with Crippen LogP contribution in [0.3, 0.4) is 0 Å². The third-order valence-corrected chi connectivity index (χ3v) is 8.78. The SMILES string of the molecule is Cc1ccccc1C(=O)c1ncc(Cc2ccc(Cc3cnc(C(=O)c4ccccc4C)c4ccccc34)cc2)c2ccccc12. The molecule has 0 N–H and O–H groups in total. The molecule has 0 aliphatic rings. The zero-order valence-corrected chi connectivity index (χ0v) is 25.8. The minimum Gasteiger partial charge on any atom is -0.287 e. The first-order valence-electron chi connectivity index (χ1n) is 15.5. The predicted octanol–water partition coefficient (Wildman–Crippen LogP) is 9.04. The van der Waals surface area contributed by atoms with Crippen molar-refractivity contribution in [3.05, 3.63) is 190 Å². The number of benzene rings is 5. The van der Waals surface area contributed by atoms with E-state index in [0.29, 0.717) is 35.4 Å². The molecule has 0 saturated heterocycles. The van der Waals surface area contributed by atoms with Crippen molar-refractivity contribution in [1.82, 2.24) is 9.97 Å². The van der Waals surface area contributed by atoms with Gasteiger partial charge in [0, 0.05) is 34.3 Å². The Morgan fingerprint density at radius 3 is 1.20 bits per heavy atom. The molecule has 0 radical (unpaired) electrons. The second kappa shape index (κ2) is 12.3. The van der Waals surface area contributed by atoms with Gasteiger partial charge in [0.15, 0.2) is 0 Å². The minimum atomic E-state index is -0.0557. The van der Waals surface area contributed by atoms with Crippen LogP contribution < -0.4 is 0 Å². The number of rotatable bonds is 8. The van der Waals surface area contributed by atoms with Gasteiger partial charge in [-0.3, -0.25) is 19.6 Å². The zero-order chi connectivity index (χ0) is 31.6. The number of aryl methyl sites for hydroxylation is 2. The first kappa shape index (κ1) is 29.0. The largest absolute Gasteiger partial charge is 0.287 e. The van der Waals surface area contributed by atoms with Crippen LogP contribution in [0.15, 0.2) is 134 Å². The average Bonchev–Trinajstić information content (AvgIpc) is 3.09. The molecule has 4 nitrogen and oxygen atoms in total. The fourth-order valence-electron chi connectivity index (χ4n) is 6.27. The molecule has 0 aliphatic heterocycles. The fourth-order valence-corrected chi connectivity index (χ4v) is 6.27. The molecule has 222 valence electrons. The summed E-state index contributed by atoms with van der Waals surface area (Å²) in [5.74, 6) is -0.111. The standard InChI is InChI=1S/C42H32N2O2/c1-27-11-3-5-13-33(27)41(45)39-37-17-9-7-15-35(37)31(25-43-39)23-29-19-21-30(22-20-29)24-32-26-44-40(38-18-10-8-16-36(32)38)42(46)34-14-6-4-12-28(34)2/h3-22,25-26H,23-24H2,1-2H3. The number of pyridine rings is 2. The van der Waals surface area contributed by atoms with Gasteiger partial charge >= 0.3 is 0 Å². The van der Waals surface area contributed by atoms with Crippen LogP contribution in [0.2, 0.25) is 0 Å². The van der Waals surface area contributed by atoms with Crippen LogP contribution >= 0.6 is 0 Å². The summed E-state index contributed by atoms with van der Waals surface area (Å²) in [6.45, 7) is 3.91. The van der Waals surface area contributed by atoms with Gasteiger partial charge in [-0.15, -0.1) is 0 Å². The van der Waals surface area contributed by atoms with Crippen molar-refractivity contribution < 1.29 is 9.59 Å². The quantitative estimate of drug-likeness (QED) is 0.164. The van der Waals surface area contributed by atoms with Crippen molar-refractivity contribution in [2.45, 2.75) is 26.7 Å². The van der Waals surface area contributed by atoms with E-state index in [1.807, 2.05) is 111 Å². The molecule has 0 unspecified atom stereocenters. The Bertz CT molecular complexity index is 2110. The van der Waals surface area contributed by atoms with Crippen LogP contribution in [0.4, 0.5) is 0 Å². The lowest BCUT2D eigenvalue weighted by atomic mass is 9.94. The molecule has 46 heavy (non-hydrogen) atoms. The predicted molar refractivity (Wildman–Crippen MR) is 185 cm³/mol. The molecule has 7 aromatic rings. The van der Waals surface area contributed by atoms with Gasteiger partial charge in [0.1, 0.15) is 11.4 Å². The van der Waals surface area contributed by atoms with Crippen LogP contribution in [-0.2, 0) is 12.8 Å². The van der Waals surface area contributed by atoms with E-state index in [2.05, 4.69) is 46.4 Å². The van der Waals surface area contributed by atoms with Crippen molar-refractivity contribution in [3.63, 3.8) is 0 Å². The van der Waals surface area contributed by atoms with Gasteiger partial charge in [-0.05, 0) is 70.8 Å². The van der Waals surface area contributed by atoms with E-state index >= 15 is 0 Å². The minimum absolute atomic E-state index is 0.0557. The Balaban J connectivity index is 1.14. The van der Waals surface area contributed by atoms with E-state index in [1.54, 1.807) is 0 Å². The van der Waals surface area contributed by atoms with Crippen molar-refractivity contribution in [1.29, 1.82) is 0 Å². The molecule has 0 bridgehead atoms. The van der Waals surface area contributed by atoms with Crippen molar-refractivity contribution in [3.8, 4) is 0 Å². The van der Waals surface area contributed by atoms with Crippen molar-refractivity contribution >= 4 is 33.1 Å². The van der Waals surface area contributed by atoms with Crippen molar-refractivity contribution in [2.75, 3.05) is 0 Å². The number of nitrogens with zero attached hydrogens (tertiary/aromatic N) is 2. The molecule has 2 heterocycles. The Hall–Kier alpha value is -5.74. The normalized spacial score (nSPS) is 11.2. The van der Waals surface area contributed by atoms with E-state index in [4.69, 9.17) is 0 Å². The summed E-state index contributed by atoms with van der Waals surface area (Å²) in [7, 11) is 0. The Labute approximate surface area is 268 Å². The smallest absolute Gasteiger partial charge is 0.212 e. The number of aromatic nitrogens is 2. The molecular formula is C42H32N2O2. The maximum atomic E-state index is 13.5. The molecule has 5 aromatic carbocycles. The molecule has 0 amide bonds. The van der Waals surface area contributed by atoms with Crippen LogP contribution in [0.1, 0.15) is 65.5 Å². The molecule has 4 heteroatoms.